The Labute approximate surface area is 114 Å². The Morgan fingerprint density at radius 2 is 1.94 bits per heavy atom. The molecule has 0 radical (unpaired) electrons. The summed E-state index contributed by atoms with van der Waals surface area (Å²) < 4.78 is 7.40. The minimum absolute atomic E-state index is 0.263. The van der Waals surface area contributed by atoms with Gasteiger partial charge in [0.25, 0.3) is 0 Å². The zero-order chi connectivity index (χ0) is 13.3. The lowest BCUT2D eigenvalue weighted by Crippen LogP contribution is -2.05. The third kappa shape index (κ3) is 2.52. The van der Waals surface area contributed by atoms with Crippen LogP contribution in [0, 0.1) is 6.92 Å². The third-order valence-corrected chi connectivity index (χ3v) is 3.31. The van der Waals surface area contributed by atoms with Gasteiger partial charge in [-0.3, -0.25) is 0 Å². The molecule has 1 heterocycles. The molecule has 0 saturated heterocycles. The van der Waals surface area contributed by atoms with Gasteiger partial charge < -0.3 is 15.0 Å². The molecular weight excluding hydrogens is 275 g/mol. The first-order chi connectivity index (χ1) is 8.49. The highest BCUT2D eigenvalue weighted by Crippen LogP contribution is 2.32. The lowest BCUT2D eigenvalue weighted by Gasteiger charge is -2.09. The van der Waals surface area contributed by atoms with Crippen LogP contribution in [0.5, 0.6) is 5.75 Å². The average molecular weight is 287 g/mol. The fraction of sp³-hybridized carbons (Fsp3) is 0.273. The maximum absolute atomic E-state index is 5.90. The van der Waals surface area contributed by atoms with Gasteiger partial charge in [-0.2, -0.15) is 0 Å². The van der Waals surface area contributed by atoms with Crippen molar-refractivity contribution in [1.29, 1.82) is 0 Å². The number of halogens is 2. The van der Waals surface area contributed by atoms with Crippen molar-refractivity contribution in [1.82, 2.24) is 14.8 Å². The number of ether oxygens (including phenoxy) is 1. The van der Waals surface area contributed by atoms with E-state index in [9.17, 15) is 0 Å². The topological polar surface area (TPSA) is 66.0 Å². The summed E-state index contributed by atoms with van der Waals surface area (Å²) in [5.41, 5.74) is 6.22. The van der Waals surface area contributed by atoms with Crippen molar-refractivity contribution >= 4 is 28.9 Å². The van der Waals surface area contributed by atoms with Gasteiger partial charge in [-0.15, -0.1) is 10.2 Å². The van der Waals surface area contributed by atoms with Crippen LogP contribution in [0.25, 0.3) is 0 Å². The molecule has 0 aliphatic heterocycles. The maximum Gasteiger partial charge on any atom is 0.170 e. The summed E-state index contributed by atoms with van der Waals surface area (Å²) in [6.07, 6.45) is 0. The van der Waals surface area contributed by atoms with Gasteiger partial charge in [-0.1, -0.05) is 23.2 Å². The first-order valence-corrected chi connectivity index (χ1v) is 5.97. The van der Waals surface area contributed by atoms with Crippen molar-refractivity contribution in [2.75, 3.05) is 5.73 Å². The second-order valence-corrected chi connectivity index (χ2v) is 4.63. The Morgan fingerprint density at radius 3 is 2.56 bits per heavy atom. The fourth-order valence-corrected chi connectivity index (χ4v) is 1.71. The van der Waals surface area contributed by atoms with Crippen LogP contribution in [0.3, 0.4) is 0 Å². The van der Waals surface area contributed by atoms with Crippen LogP contribution >= 0.6 is 23.2 Å². The molecule has 1 aromatic heterocycles. The molecule has 2 rings (SSSR count). The van der Waals surface area contributed by atoms with Gasteiger partial charge in [0, 0.05) is 13.1 Å². The molecule has 2 aromatic rings. The number of nitrogens with zero attached hydrogens (tertiary/aromatic N) is 3. The van der Waals surface area contributed by atoms with Gasteiger partial charge in [-0.25, -0.2) is 0 Å². The minimum Gasteiger partial charge on any atom is -0.483 e. The molecule has 5 nitrogen and oxygen atoms in total. The van der Waals surface area contributed by atoms with Gasteiger partial charge >= 0.3 is 0 Å². The second-order valence-electron chi connectivity index (χ2n) is 3.82. The molecule has 0 aliphatic rings. The van der Waals surface area contributed by atoms with Gasteiger partial charge in [0.1, 0.15) is 18.2 Å². The van der Waals surface area contributed by atoms with E-state index in [2.05, 4.69) is 10.2 Å². The number of hydrogen-bond donors (Lipinski definition) is 1. The fourth-order valence-electron chi connectivity index (χ4n) is 1.39. The van der Waals surface area contributed by atoms with E-state index in [0.717, 1.165) is 5.82 Å². The minimum atomic E-state index is 0.263. The number of aromatic nitrogens is 3. The number of nitrogens with two attached hydrogens (primary N) is 1. The highest BCUT2D eigenvalue weighted by Gasteiger charge is 2.09. The lowest BCUT2D eigenvalue weighted by atomic mass is 10.3. The van der Waals surface area contributed by atoms with Gasteiger partial charge in [-0.05, 0) is 13.0 Å². The zero-order valence-electron chi connectivity index (χ0n) is 9.94. The Balaban J connectivity index is 2.16. The van der Waals surface area contributed by atoms with Crippen LogP contribution in [-0.4, -0.2) is 14.8 Å². The van der Waals surface area contributed by atoms with E-state index < -0.39 is 0 Å². The molecule has 2 N–H and O–H groups in total. The number of benzene rings is 1. The van der Waals surface area contributed by atoms with Crippen molar-refractivity contribution in [2.24, 2.45) is 7.05 Å². The summed E-state index contributed by atoms with van der Waals surface area (Å²) in [5, 5.41) is 8.72. The van der Waals surface area contributed by atoms with E-state index in [0.29, 0.717) is 27.3 Å². The molecule has 0 aliphatic carbocycles. The van der Waals surface area contributed by atoms with Crippen LogP contribution in [-0.2, 0) is 13.7 Å². The van der Waals surface area contributed by atoms with Crippen molar-refractivity contribution in [3.63, 3.8) is 0 Å². The van der Waals surface area contributed by atoms with Crippen LogP contribution in [0.15, 0.2) is 12.1 Å². The first kappa shape index (κ1) is 13.0. The highest BCUT2D eigenvalue weighted by molar-refractivity contribution is 6.42. The molecule has 1 aromatic carbocycles. The zero-order valence-corrected chi connectivity index (χ0v) is 11.5. The lowest BCUT2D eigenvalue weighted by molar-refractivity contribution is 0.292. The number of nitrogen functional groups attached to an aromatic ring is 1. The molecular formula is C11H12Cl2N4O. The number of rotatable bonds is 3. The van der Waals surface area contributed by atoms with E-state index >= 15 is 0 Å². The van der Waals surface area contributed by atoms with Crippen LogP contribution in [0.1, 0.15) is 11.6 Å². The molecule has 0 amide bonds. The molecule has 18 heavy (non-hydrogen) atoms. The Bertz CT molecular complexity index is 583. The summed E-state index contributed by atoms with van der Waals surface area (Å²) in [7, 11) is 1.87. The molecule has 96 valence electrons. The smallest absolute Gasteiger partial charge is 0.170 e. The maximum atomic E-state index is 5.90. The Hall–Kier alpha value is -1.46. The monoisotopic (exact) mass is 286 g/mol. The summed E-state index contributed by atoms with van der Waals surface area (Å²) in [6.45, 7) is 2.13. The molecule has 0 saturated carbocycles. The number of aryl methyl sites for hydroxylation is 1. The number of hydrogen-bond acceptors (Lipinski definition) is 4. The Morgan fingerprint density at radius 1 is 1.28 bits per heavy atom. The van der Waals surface area contributed by atoms with E-state index in [-0.39, 0.29) is 6.61 Å². The predicted octanol–water partition coefficient (Wildman–Crippen LogP) is 2.59. The normalized spacial score (nSPS) is 10.7. The van der Waals surface area contributed by atoms with E-state index in [1.54, 1.807) is 12.1 Å². The third-order valence-electron chi connectivity index (χ3n) is 2.59. The molecule has 0 fully saturated rings. The van der Waals surface area contributed by atoms with Gasteiger partial charge in [0.05, 0.1) is 15.7 Å². The largest absolute Gasteiger partial charge is 0.483 e. The summed E-state index contributed by atoms with van der Waals surface area (Å²) >= 11 is 11.7. The van der Waals surface area contributed by atoms with E-state index in [1.807, 2.05) is 18.5 Å². The van der Waals surface area contributed by atoms with Crippen molar-refractivity contribution < 1.29 is 4.74 Å². The van der Waals surface area contributed by atoms with Crippen LogP contribution < -0.4 is 10.5 Å². The Kier molecular flexibility index (Phi) is 3.63. The highest BCUT2D eigenvalue weighted by atomic mass is 35.5. The molecule has 0 unspecified atom stereocenters. The predicted molar refractivity (Wildman–Crippen MR) is 70.9 cm³/mol. The van der Waals surface area contributed by atoms with E-state index in [1.165, 1.54) is 0 Å². The molecule has 0 bridgehead atoms. The van der Waals surface area contributed by atoms with E-state index in [4.69, 9.17) is 33.7 Å². The molecule has 0 atom stereocenters. The average Bonchev–Trinajstić information content (AvgIpc) is 2.63. The van der Waals surface area contributed by atoms with Gasteiger partial charge in [0.15, 0.2) is 5.82 Å². The standard InChI is InChI=1S/C11H12Cl2N4O/c1-6-15-16-11(17(6)2)5-18-10-4-8(13)7(12)3-9(10)14/h3-4H,5,14H2,1-2H3. The van der Waals surface area contributed by atoms with Crippen LogP contribution in [0.2, 0.25) is 10.0 Å². The van der Waals surface area contributed by atoms with Crippen molar-refractivity contribution in [3.05, 3.63) is 33.8 Å². The molecule has 0 spiro atoms. The van der Waals surface area contributed by atoms with Crippen LogP contribution in [0.4, 0.5) is 5.69 Å². The number of anilines is 1. The molecule has 7 heteroatoms. The summed E-state index contributed by atoms with van der Waals surface area (Å²) in [5.74, 6) is 2.00. The summed E-state index contributed by atoms with van der Waals surface area (Å²) in [6, 6.07) is 3.14. The van der Waals surface area contributed by atoms with Crippen molar-refractivity contribution in [3.8, 4) is 5.75 Å². The quantitative estimate of drug-likeness (QED) is 0.881. The van der Waals surface area contributed by atoms with Gasteiger partial charge in [0.2, 0.25) is 0 Å². The first-order valence-electron chi connectivity index (χ1n) is 5.21. The second kappa shape index (κ2) is 5.04. The summed E-state index contributed by atoms with van der Waals surface area (Å²) in [4.78, 5) is 0. The SMILES string of the molecule is Cc1nnc(COc2cc(Cl)c(Cl)cc2N)n1C. The van der Waals surface area contributed by atoms with Crippen molar-refractivity contribution in [2.45, 2.75) is 13.5 Å².